The quantitative estimate of drug-likeness (QED) is 0.834. The molecule has 0 bridgehead atoms. The molecule has 1 aliphatic heterocycles. The average Bonchev–Trinajstić information content (AvgIpc) is 2.44. The molecule has 3 N–H and O–H groups in total. The van der Waals surface area contributed by atoms with Crippen molar-refractivity contribution in [3.05, 3.63) is 28.2 Å². The van der Waals surface area contributed by atoms with Gasteiger partial charge < -0.3 is 10.2 Å². The smallest absolute Gasteiger partial charge is 0.321 e. The number of nitrogens with zero attached hydrogens (tertiary/aromatic N) is 2. The van der Waals surface area contributed by atoms with Crippen LogP contribution in [0.15, 0.2) is 18.2 Å². The molecule has 0 unspecified atom stereocenters. The van der Waals surface area contributed by atoms with Gasteiger partial charge in [0.1, 0.15) is 0 Å². The Kier molecular flexibility index (Phi) is 5.80. The Hall–Kier alpha value is -0.660. The zero-order valence-corrected chi connectivity index (χ0v) is 13.1. The number of hydrogen-bond acceptors (Lipinski definition) is 4. The van der Waals surface area contributed by atoms with Crippen LogP contribution in [-0.2, 0) is 0 Å². The summed E-state index contributed by atoms with van der Waals surface area (Å²) in [6, 6.07) is 4.83. The molecular weight excluding hydrogens is 319 g/mol. The number of hydrogen-bond donors (Lipinski definition) is 2. The summed E-state index contributed by atoms with van der Waals surface area (Å²) < 4.78 is 0. The first-order valence-corrected chi connectivity index (χ1v) is 7.95. The monoisotopic (exact) mass is 334 g/mol. The van der Waals surface area contributed by atoms with E-state index < -0.39 is 0 Å². The van der Waals surface area contributed by atoms with Crippen molar-refractivity contribution in [3.63, 3.8) is 0 Å². The van der Waals surface area contributed by atoms with Crippen LogP contribution >= 0.6 is 35.1 Å². The first-order valence-electron chi connectivity index (χ1n) is 6.15. The number of rotatable bonds is 3. The van der Waals surface area contributed by atoms with Crippen molar-refractivity contribution in [1.82, 2.24) is 9.80 Å². The second kappa shape index (κ2) is 7.38. The van der Waals surface area contributed by atoms with Crippen molar-refractivity contribution < 1.29 is 4.79 Å². The number of benzene rings is 1. The lowest BCUT2D eigenvalue weighted by atomic mass is 10.3. The second-order valence-corrected chi connectivity index (χ2v) is 5.89. The number of halogens is 2. The molecule has 2 amide bonds. The molecule has 5 nitrogen and oxygen atoms in total. The fourth-order valence-corrected chi connectivity index (χ4v) is 2.78. The minimum atomic E-state index is -0.158. The van der Waals surface area contributed by atoms with E-state index in [4.69, 9.17) is 28.3 Å². The third kappa shape index (κ3) is 4.17. The summed E-state index contributed by atoms with van der Waals surface area (Å²) in [4.78, 5) is 16.1. The fraction of sp³-hybridized carbons (Fsp3) is 0.417. The molecule has 1 aliphatic rings. The van der Waals surface area contributed by atoms with E-state index in [1.807, 2.05) is 0 Å². The molecule has 20 heavy (non-hydrogen) atoms. The van der Waals surface area contributed by atoms with Gasteiger partial charge in [0.05, 0.1) is 16.6 Å². The zero-order valence-electron chi connectivity index (χ0n) is 10.8. The summed E-state index contributed by atoms with van der Waals surface area (Å²) in [5, 5.41) is 9.24. The molecule has 1 aromatic rings. The molecule has 1 aromatic carbocycles. The van der Waals surface area contributed by atoms with Crippen LogP contribution < -0.4 is 10.5 Å². The predicted molar refractivity (Wildman–Crippen MR) is 85.3 cm³/mol. The molecule has 0 aliphatic carbocycles. The highest BCUT2D eigenvalue weighted by molar-refractivity contribution is 7.97. The Balaban J connectivity index is 1.91. The van der Waals surface area contributed by atoms with E-state index in [9.17, 15) is 4.79 Å². The lowest BCUT2D eigenvalue weighted by Gasteiger charge is -2.34. The minimum Gasteiger partial charge on any atom is -0.322 e. The maximum absolute atomic E-state index is 12.2. The van der Waals surface area contributed by atoms with E-state index in [2.05, 4.69) is 10.2 Å². The fourth-order valence-electron chi connectivity index (χ4n) is 1.97. The van der Waals surface area contributed by atoms with Gasteiger partial charge in [0, 0.05) is 31.2 Å². The largest absolute Gasteiger partial charge is 0.322 e. The first-order chi connectivity index (χ1) is 9.60. The number of amides is 2. The lowest BCUT2D eigenvalue weighted by molar-refractivity contribution is 0.161. The number of carbonyl (C=O) groups excluding carboxylic acids is 1. The van der Waals surface area contributed by atoms with Crippen molar-refractivity contribution >= 4 is 46.9 Å². The number of urea groups is 1. The van der Waals surface area contributed by atoms with E-state index in [0.717, 1.165) is 19.0 Å². The highest BCUT2D eigenvalue weighted by Crippen LogP contribution is 2.25. The van der Waals surface area contributed by atoms with Crippen LogP contribution in [0.25, 0.3) is 0 Å². The van der Waals surface area contributed by atoms with E-state index in [0.29, 0.717) is 28.8 Å². The third-order valence-electron chi connectivity index (χ3n) is 3.09. The Morgan fingerprint density at radius 1 is 1.30 bits per heavy atom. The van der Waals surface area contributed by atoms with Gasteiger partial charge in [-0.2, -0.15) is 0 Å². The number of carbonyl (C=O) groups is 1. The normalized spacial score (nSPS) is 16.2. The van der Waals surface area contributed by atoms with E-state index >= 15 is 0 Å². The Morgan fingerprint density at radius 3 is 2.65 bits per heavy atom. The topological polar surface area (TPSA) is 61.6 Å². The Morgan fingerprint density at radius 2 is 2.00 bits per heavy atom. The van der Waals surface area contributed by atoms with Gasteiger partial charge in [0.2, 0.25) is 0 Å². The molecule has 110 valence electrons. The minimum absolute atomic E-state index is 0.158. The van der Waals surface area contributed by atoms with Crippen LogP contribution in [-0.4, -0.2) is 47.9 Å². The zero-order chi connectivity index (χ0) is 14.5. The molecule has 1 fully saturated rings. The van der Waals surface area contributed by atoms with Gasteiger partial charge in [-0.15, -0.1) is 0 Å². The van der Waals surface area contributed by atoms with Crippen LogP contribution in [0.1, 0.15) is 0 Å². The molecule has 1 heterocycles. The highest BCUT2D eigenvalue weighted by atomic mass is 35.5. The van der Waals surface area contributed by atoms with Crippen LogP contribution in [0.3, 0.4) is 0 Å². The van der Waals surface area contributed by atoms with Crippen molar-refractivity contribution in [3.8, 4) is 0 Å². The van der Waals surface area contributed by atoms with Crippen LogP contribution in [0, 0.1) is 0 Å². The number of nitrogens with one attached hydrogen (secondary N) is 1. The van der Waals surface area contributed by atoms with Gasteiger partial charge in [-0.25, -0.2) is 4.79 Å². The van der Waals surface area contributed by atoms with Crippen molar-refractivity contribution in [2.24, 2.45) is 5.14 Å². The van der Waals surface area contributed by atoms with Crippen molar-refractivity contribution in [2.45, 2.75) is 0 Å². The van der Waals surface area contributed by atoms with E-state index in [1.165, 1.54) is 11.9 Å². The molecular formula is C12H16Cl2N4OS. The third-order valence-corrected chi connectivity index (χ3v) is 4.17. The molecule has 1 saturated heterocycles. The lowest BCUT2D eigenvalue weighted by Crippen LogP contribution is -2.49. The number of piperazine rings is 1. The van der Waals surface area contributed by atoms with E-state index in [1.54, 1.807) is 23.1 Å². The van der Waals surface area contributed by atoms with Gasteiger partial charge in [0.15, 0.2) is 0 Å². The molecule has 0 radical (unpaired) electrons. The summed E-state index contributed by atoms with van der Waals surface area (Å²) in [7, 11) is 0. The average molecular weight is 335 g/mol. The predicted octanol–water partition coefficient (Wildman–Crippen LogP) is 2.71. The SMILES string of the molecule is NSCN1CCN(C(=O)Nc2cc(Cl)ccc2Cl)CC1. The Labute approximate surface area is 132 Å². The van der Waals surface area contributed by atoms with E-state index in [-0.39, 0.29) is 6.03 Å². The van der Waals surface area contributed by atoms with Gasteiger partial charge in [-0.1, -0.05) is 35.1 Å². The van der Waals surface area contributed by atoms with Crippen LogP contribution in [0.5, 0.6) is 0 Å². The van der Waals surface area contributed by atoms with Gasteiger partial charge >= 0.3 is 6.03 Å². The summed E-state index contributed by atoms with van der Waals surface area (Å²) >= 11 is 13.2. The highest BCUT2D eigenvalue weighted by Gasteiger charge is 2.21. The first kappa shape index (κ1) is 15.7. The molecule has 0 aromatic heterocycles. The number of nitrogens with two attached hydrogens (primary N) is 1. The standard InChI is InChI=1S/C12H16Cl2N4OS/c13-9-1-2-10(14)11(7-9)16-12(19)18-5-3-17(4-6-18)8-20-15/h1-2,7H,3-6,8,15H2,(H,16,19). The maximum Gasteiger partial charge on any atom is 0.321 e. The molecule has 0 atom stereocenters. The van der Waals surface area contributed by atoms with Crippen LogP contribution in [0.2, 0.25) is 10.0 Å². The van der Waals surface area contributed by atoms with Crippen molar-refractivity contribution in [2.75, 3.05) is 37.4 Å². The summed E-state index contributed by atoms with van der Waals surface area (Å²) in [6.45, 7) is 2.98. The maximum atomic E-state index is 12.2. The van der Waals surface area contributed by atoms with Crippen LogP contribution in [0.4, 0.5) is 10.5 Å². The molecule has 0 spiro atoms. The second-order valence-electron chi connectivity index (χ2n) is 4.46. The summed E-state index contributed by atoms with van der Waals surface area (Å²) in [6.07, 6.45) is 0. The van der Waals surface area contributed by atoms with Gasteiger partial charge in [-0.3, -0.25) is 10.0 Å². The summed E-state index contributed by atoms with van der Waals surface area (Å²) in [5.41, 5.74) is 0.532. The number of anilines is 1. The van der Waals surface area contributed by atoms with Gasteiger partial charge in [-0.05, 0) is 18.2 Å². The summed E-state index contributed by atoms with van der Waals surface area (Å²) in [5.74, 6) is 0.787. The molecule has 2 rings (SSSR count). The molecule has 8 heteroatoms. The van der Waals surface area contributed by atoms with Gasteiger partial charge in [0.25, 0.3) is 0 Å². The Bertz CT molecular complexity index is 481. The molecule has 0 saturated carbocycles. The van der Waals surface area contributed by atoms with Crippen molar-refractivity contribution in [1.29, 1.82) is 0 Å².